The van der Waals surface area contributed by atoms with Crippen molar-refractivity contribution >= 4 is 27.6 Å². The summed E-state index contributed by atoms with van der Waals surface area (Å²) in [6.07, 6.45) is 0. The molecule has 0 aliphatic carbocycles. The predicted molar refractivity (Wildman–Crippen MR) is 89.1 cm³/mol. The summed E-state index contributed by atoms with van der Waals surface area (Å²) in [7, 11) is 0. The quantitative estimate of drug-likeness (QED) is 0.397. The van der Waals surface area contributed by atoms with Gasteiger partial charge in [-0.15, -0.1) is 0 Å². The van der Waals surface area contributed by atoms with Crippen molar-refractivity contribution in [2.45, 2.75) is 0 Å². The summed E-state index contributed by atoms with van der Waals surface area (Å²) in [4.78, 5) is 17.2. The smallest absolute Gasteiger partial charge is 0.193 e. The monoisotopic (exact) mass is 283 g/mol. The van der Waals surface area contributed by atoms with Crippen LogP contribution in [0.1, 0.15) is 15.9 Å². The van der Waals surface area contributed by atoms with E-state index >= 15 is 0 Å². The van der Waals surface area contributed by atoms with Gasteiger partial charge in [-0.25, -0.2) is 4.98 Å². The van der Waals surface area contributed by atoms with Crippen molar-refractivity contribution in [1.29, 1.82) is 0 Å². The van der Waals surface area contributed by atoms with E-state index in [1.807, 2.05) is 72.8 Å². The highest BCUT2D eigenvalue weighted by Gasteiger charge is 2.09. The van der Waals surface area contributed by atoms with Crippen LogP contribution in [-0.2, 0) is 0 Å². The maximum absolute atomic E-state index is 12.5. The van der Waals surface area contributed by atoms with Crippen molar-refractivity contribution in [3.63, 3.8) is 0 Å². The number of pyridine rings is 1. The highest BCUT2D eigenvalue weighted by atomic mass is 16.1. The van der Waals surface area contributed by atoms with Gasteiger partial charge < -0.3 is 0 Å². The van der Waals surface area contributed by atoms with Crippen LogP contribution in [-0.4, -0.2) is 10.8 Å². The molecule has 0 saturated carbocycles. The lowest BCUT2D eigenvalue weighted by molar-refractivity contribution is 0.103. The van der Waals surface area contributed by atoms with E-state index < -0.39 is 0 Å². The molecule has 0 amide bonds. The molecular formula is C20H13NO. The van der Waals surface area contributed by atoms with Crippen molar-refractivity contribution in [2.75, 3.05) is 0 Å². The summed E-state index contributed by atoms with van der Waals surface area (Å²) in [6.45, 7) is 0. The van der Waals surface area contributed by atoms with Crippen molar-refractivity contribution in [2.24, 2.45) is 0 Å². The van der Waals surface area contributed by atoms with Gasteiger partial charge in [0.05, 0.1) is 11.0 Å². The predicted octanol–water partition coefficient (Wildman–Crippen LogP) is 4.62. The Morgan fingerprint density at radius 1 is 0.636 bits per heavy atom. The largest absolute Gasteiger partial charge is 0.289 e. The zero-order valence-electron chi connectivity index (χ0n) is 11.9. The molecule has 0 aliphatic rings. The second kappa shape index (κ2) is 5.08. The molecule has 0 saturated heterocycles. The molecule has 0 radical (unpaired) electrons. The molecule has 0 spiro atoms. The Balaban J connectivity index is 1.86. The van der Waals surface area contributed by atoms with Crippen molar-refractivity contribution < 1.29 is 4.79 Å². The minimum absolute atomic E-state index is 0.0376. The standard InChI is InChI=1S/C20H13NO/c22-20(14-6-2-1-3-7-14)16-10-11-19-17(13-16)12-15-8-4-5-9-18(15)21-19/h1-13H. The Hall–Kier alpha value is -3.00. The molecule has 1 aromatic heterocycles. The number of para-hydroxylation sites is 1. The number of carbonyl (C=O) groups is 1. The molecule has 0 atom stereocenters. The van der Waals surface area contributed by atoms with E-state index in [4.69, 9.17) is 0 Å². The van der Waals surface area contributed by atoms with Crippen LogP contribution in [0.2, 0.25) is 0 Å². The zero-order valence-corrected chi connectivity index (χ0v) is 11.9. The molecule has 0 N–H and O–H groups in total. The summed E-state index contributed by atoms with van der Waals surface area (Å²) in [5.41, 5.74) is 3.27. The molecule has 0 bridgehead atoms. The van der Waals surface area contributed by atoms with E-state index in [-0.39, 0.29) is 5.78 Å². The molecule has 0 fully saturated rings. The SMILES string of the molecule is O=C(c1ccccc1)c1ccc2nc3ccccc3cc2c1. The third-order valence-corrected chi connectivity index (χ3v) is 3.81. The van der Waals surface area contributed by atoms with E-state index in [1.54, 1.807) is 0 Å². The number of hydrogen-bond donors (Lipinski definition) is 0. The van der Waals surface area contributed by atoms with Gasteiger partial charge in [0, 0.05) is 21.9 Å². The minimum atomic E-state index is 0.0376. The van der Waals surface area contributed by atoms with Crippen LogP contribution >= 0.6 is 0 Å². The highest BCUT2D eigenvalue weighted by molar-refractivity contribution is 6.10. The van der Waals surface area contributed by atoms with E-state index in [1.165, 1.54) is 0 Å². The molecule has 1 heterocycles. The summed E-state index contributed by atoms with van der Waals surface area (Å²) in [5.74, 6) is 0.0376. The molecule has 4 rings (SSSR count). The Bertz CT molecular complexity index is 990. The van der Waals surface area contributed by atoms with Crippen LogP contribution in [0.4, 0.5) is 0 Å². The first kappa shape index (κ1) is 12.7. The topological polar surface area (TPSA) is 30.0 Å². The van der Waals surface area contributed by atoms with Gasteiger partial charge in [-0.2, -0.15) is 0 Å². The van der Waals surface area contributed by atoms with Gasteiger partial charge in [-0.05, 0) is 30.3 Å². The number of benzene rings is 3. The molecule has 2 nitrogen and oxygen atoms in total. The maximum Gasteiger partial charge on any atom is 0.193 e. The fourth-order valence-electron chi connectivity index (χ4n) is 2.68. The van der Waals surface area contributed by atoms with Gasteiger partial charge in [0.15, 0.2) is 5.78 Å². The third kappa shape index (κ3) is 2.15. The Morgan fingerprint density at radius 3 is 2.23 bits per heavy atom. The molecule has 104 valence electrons. The second-order valence-corrected chi connectivity index (χ2v) is 5.28. The molecule has 0 unspecified atom stereocenters. The first-order valence-electron chi connectivity index (χ1n) is 7.20. The van der Waals surface area contributed by atoms with Gasteiger partial charge in [0.25, 0.3) is 0 Å². The number of nitrogens with zero attached hydrogens (tertiary/aromatic N) is 1. The van der Waals surface area contributed by atoms with Crippen molar-refractivity contribution in [3.05, 3.63) is 90.0 Å². The summed E-state index contributed by atoms with van der Waals surface area (Å²) < 4.78 is 0. The van der Waals surface area contributed by atoms with Crippen LogP contribution in [0.5, 0.6) is 0 Å². The van der Waals surface area contributed by atoms with Gasteiger partial charge in [-0.1, -0.05) is 48.5 Å². The normalized spacial score (nSPS) is 10.9. The fourth-order valence-corrected chi connectivity index (χ4v) is 2.68. The first-order valence-corrected chi connectivity index (χ1v) is 7.20. The fraction of sp³-hybridized carbons (Fsp3) is 0. The summed E-state index contributed by atoms with van der Waals surface area (Å²) in [5, 5.41) is 2.07. The average molecular weight is 283 g/mol. The van der Waals surface area contributed by atoms with Crippen LogP contribution < -0.4 is 0 Å². The summed E-state index contributed by atoms with van der Waals surface area (Å²) in [6, 6.07) is 25.1. The van der Waals surface area contributed by atoms with Crippen molar-refractivity contribution in [1.82, 2.24) is 4.98 Å². The van der Waals surface area contributed by atoms with Crippen LogP contribution in [0.25, 0.3) is 21.8 Å². The Morgan fingerprint density at radius 2 is 1.36 bits per heavy atom. The molecule has 4 aromatic rings. The molecule has 2 heteroatoms. The Kier molecular flexibility index (Phi) is 2.94. The molecule has 3 aromatic carbocycles. The number of hydrogen-bond acceptors (Lipinski definition) is 2. The first-order chi connectivity index (χ1) is 10.8. The lowest BCUT2D eigenvalue weighted by Crippen LogP contribution is -2.00. The van der Waals surface area contributed by atoms with E-state index in [2.05, 4.69) is 11.1 Å². The number of rotatable bonds is 2. The summed E-state index contributed by atoms with van der Waals surface area (Å²) >= 11 is 0. The second-order valence-electron chi connectivity index (χ2n) is 5.28. The maximum atomic E-state index is 12.5. The lowest BCUT2D eigenvalue weighted by atomic mass is 10.0. The lowest BCUT2D eigenvalue weighted by Gasteiger charge is -2.05. The highest BCUT2D eigenvalue weighted by Crippen LogP contribution is 2.21. The minimum Gasteiger partial charge on any atom is -0.289 e. The number of aromatic nitrogens is 1. The molecule has 0 aliphatic heterocycles. The average Bonchev–Trinajstić information content (AvgIpc) is 2.59. The van der Waals surface area contributed by atoms with Crippen LogP contribution in [0, 0.1) is 0 Å². The van der Waals surface area contributed by atoms with E-state index in [0.717, 1.165) is 21.8 Å². The van der Waals surface area contributed by atoms with E-state index in [0.29, 0.717) is 11.1 Å². The van der Waals surface area contributed by atoms with Crippen LogP contribution in [0.15, 0.2) is 78.9 Å². The number of ketones is 1. The number of fused-ring (bicyclic) bond motifs is 2. The molecular weight excluding hydrogens is 270 g/mol. The number of carbonyl (C=O) groups excluding carboxylic acids is 1. The van der Waals surface area contributed by atoms with Gasteiger partial charge in [0.2, 0.25) is 0 Å². The zero-order chi connectivity index (χ0) is 14.9. The van der Waals surface area contributed by atoms with Crippen molar-refractivity contribution in [3.8, 4) is 0 Å². The van der Waals surface area contributed by atoms with Gasteiger partial charge in [-0.3, -0.25) is 4.79 Å². The Labute approximate surface area is 128 Å². The van der Waals surface area contributed by atoms with E-state index in [9.17, 15) is 4.79 Å². The van der Waals surface area contributed by atoms with Gasteiger partial charge >= 0.3 is 0 Å². The van der Waals surface area contributed by atoms with Crippen LogP contribution in [0.3, 0.4) is 0 Å². The van der Waals surface area contributed by atoms with Gasteiger partial charge in [0.1, 0.15) is 0 Å². The third-order valence-electron chi connectivity index (χ3n) is 3.81. The molecule has 22 heavy (non-hydrogen) atoms.